The molecule has 4 rings (SSSR count). The molecule has 1 atom stereocenters. The Hall–Kier alpha value is -2.62. The molecule has 3 aliphatic rings. The van der Waals surface area contributed by atoms with E-state index in [0.717, 1.165) is 19.5 Å². The van der Waals surface area contributed by atoms with Crippen molar-refractivity contribution >= 4 is 40.7 Å². The highest BCUT2D eigenvalue weighted by molar-refractivity contribution is 7.80. The van der Waals surface area contributed by atoms with E-state index in [9.17, 15) is 14.0 Å². The Bertz CT molecular complexity index is 842. The van der Waals surface area contributed by atoms with Gasteiger partial charge in [-0.25, -0.2) is 9.18 Å². The minimum Gasteiger partial charge on any atom is -0.442 e. The number of hydrogen-bond acceptors (Lipinski definition) is 5. The third-order valence-corrected chi connectivity index (χ3v) is 6.21. The standard InChI is InChI=1S/C20H26FN5O3S/c1-14(27)23-7-9-24(10-8-23)18-4-3-15(11-17(18)21)26-13-16(29-20(26)28)12-22-19(30)25-5-2-6-25/h3-4,11,16H,2,5-10,12-13H2,1H3,(H,22,30). The molecule has 1 aromatic rings. The Kier molecular flexibility index (Phi) is 5.94. The molecule has 0 radical (unpaired) electrons. The summed E-state index contributed by atoms with van der Waals surface area (Å²) < 4.78 is 20.2. The van der Waals surface area contributed by atoms with E-state index in [1.807, 2.05) is 4.90 Å². The monoisotopic (exact) mass is 435 g/mol. The predicted octanol–water partition coefficient (Wildman–Crippen LogP) is 1.40. The average Bonchev–Trinajstić information content (AvgIpc) is 3.06. The van der Waals surface area contributed by atoms with Crippen LogP contribution in [0.5, 0.6) is 0 Å². The lowest BCUT2D eigenvalue weighted by molar-refractivity contribution is -0.129. The number of nitrogens with one attached hydrogen (secondary N) is 1. The zero-order chi connectivity index (χ0) is 21.3. The lowest BCUT2D eigenvalue weighted by Crippen LogP contribution is -2.49. The van der Waals surface area contributed by atoms with E-state index in [4.69, 9.17) is 17.0 Å². The third kappa shape index (κ3) is 4.28. The maximum Gasteiger partial charge on any atom is 0.414 e. The van der Waals surface area contributed by atoms with Gasteiger partial charge >= 0.3 is 6.09 Å². The molecule has 2 amide bonds. The summed E-state index contributed by atoms with van der Waals surface area (Å²) in [4.78, 5) is 30.9. The van der Waals surface area contributed by atoms with Gasteiger partial charge in [-0.3, -0.25) is 9.69 Å². The van der Waals surface area contributed by atoms with Crippen molar-refractivity contribution in [2.45, 2.75) is 19.4 Å². The number of amides is 2. The number of nitrogens with zero attached hydrogens (tertiary/aromatic N) is 4. The van der Waals surface area contributed by atoms with Crippen LogP contribution in [-0.4, -0.2) is 85.4 Å². The number of ether oxygens (including phenoxy) is 1. The van der Waals surface area contributed by atoms with Crippen molar-refractivity contribution in [3.8, 4) is 0 Å². The molecule has 1 aromatic carbocycles. The van der Waals surface area contributed by atoms with Gasteiger partial charge in [0.15, 0.2) is 5.11 Å². The van der Waals surface area contributed by atoms with Crippen LogP contribution in [0.1, 0.15) is 13.3 Å². The van der Waals surface area contributed by atoms with Crippen LogP contribution >= 0.6 is 12.2 Å². The molecule has 162 valence electrons. The fourth-order valence-corrected chi connectivity index (χ4v) is 4.12. The largest absolute Gasteiger partial charge is 0.442 e. The number of hydrogen-bond donors (Lipinski definition) is 1. The number of cyclic esters (lactones) is 1. The van der Waals surface area contributed by atoms with Gasteiger partial charge in [0.2, 0.25) is 5.91 Å². The Morgan fingerprint density at radius 3 is 2.53 bits per heavy atom. The number of halogens is 1. The number of anilines is 2. The van der Waals surface area contributed by atoms with Crippen molar-refractivity contribution in [3.05, 3.63) is 24.0 Å². The van der Waals surface area contributed by atoms with Gasteiger partial charge in [-0.15, -0.1) is 0 Å². The molecule has 10 heteroatoms. The number of thiocarbonyl (C=S) groups is 1. The van der Waals surface area contributed by atoms with Crippen LogP contribution in [0.3, 0.4) is 0 Å². The second-order valence-electron chi connectivity index (χ2n) is 7.77. The molecule has 0 aliphatic carbocycles. The molecule has 3 heterocycles. The summed E-state index contributed by atoms with van der Waals surface area (Å²) in [7, 11) is 0. The van der Waals surface area contributed by atoms with E-state index in [0.29, 0.717) is 55.8 Å². The quantitative estimate of drug-likeness (QED) is 0.717. The first-order valence-corrected chi connectivity index (χ1v) is 10.6. The lowest BCUT2D eigenvalue weighted by Gasteiger charge is -2.35. The molecule has 30 heavy (non-hydrogen) atoms. The summed E-state index contributed by atoms with van der Waals surface area (Å²) in [5, 5.41) is 3.82. The fourth-order valence-electron chi connectivity index (χ4n) is 3.85. The van der Waals surface area contributed by atoms with Crippen LogP contribution in [-0.2, 0) is 9.53 Å². The zero-order valence-corrected chi connectivity index (χ0v) is 17.8. The Morgan fingerprint density at radius 2 is 1.93 bits per heavy atom. The molecular weight excluding hydrogens is 409 g/mol. The van der Waals surface area contributed by atoms with E-state index in [-0.39, 0.29) is 12.0 Å². The van der Waals surface area contributed by atoms with E-state index in [2.05, 4.69) is 10.2 Å². The molecule has 0 aromatic heterocycles. The SMILES string of the molecule is CC(=O)N1CCN(c2ccc(N3CC(CNC(=S)N4CCC4)OC3=O)cc2F)CC1. The second kappa shape index (κ2) is 8.63. The Balaban J connectivity index is 1.35. The molecular formula is C20H26FN5O3S. The maximum absolute atomic E-state index is 14.8. The van der Waals surface area contributed by atoms with E-state index in [1.54, 1.807) is 24.0 Å². The van der Waals surface area contributed by atoms with Crippen molar-refractivity contribution in [2.75, 3.05) is 62.2 Å². The van der Waals surface area contributed by atoms with Gasteiger partial charge in [-0.05, 0) is 36.8 Å². The van der Waals surface area contributed by atoms with E-state index >= 15 is 0 Å². The number of carbonyl (C=O) groups excluding carboxylic acids is 2. The first-order chi connectivity index (χ1) is 14.4. The van der Waals surface area contributed by atoms with Gasteiger partial charge in [-0.2, -0.15) is 0 Å². The van der Waals surface area contributed by atoms with Crippen LogP contribution in [0.15, 0.2) is 18.2 Å². The van der Waals surface area contributed by atoms with Crippen molar-refractivity contribution in [1.82, 2.24) is 15.1 Å². The first kappa shape index (κ1) is 20.6. The molecule has 0 spiro atoms. The number of benzene rings is 1. The number of piperazine rings is 1. The zero-order valence-electron chi connectivity index (χ0n) is 17.0. The summed E-state index contributed by atoms with van der Waals surface area (Å²) >= 11 is 5.31. The van der Waals surface area contributed by atoms with Crippen LogP contribution in [0, 0.1) is 5.82 Å². The Morgan fingerprint density at radius 1 is 1.20 bits per heavy atom. The smallest absolute Gasteiger partial charge is 0.414 e. The van der Waals surface area contributed by atoms with Crippen LogP contribution < -0.4 is 15.1 Å². The van der Waals surface area contributed by atoms with Crippen molar-refractivity contribution in [1.29, 1.82) is 0 Å². The lowest BCUT2D eigenvalue weighted by atomic mass is 10.2. The minimum absolute atomic E-state index is 0.0349. The van der Waals surface area contributed by atoms with Crippen LogP contribution in [0.4, 0.5) is 20.6 Å². The molecule has 3 saturated heterocycles. The number of rotatable bonds is 4. The highest BCUT2D eigenvalue weighted by atomic mass is 32.1. The fraction of sp³-hybridized carbons (Fsp3) is 0.550. The second-order valence-corrected chi connectivity index (χ2v) is 8.16. The van der Waals surface area contributed by atoms with Gasteiger partial charge in [0.25, 0.3) is 0 Å². The molecule has 3 aliphatic heterocycles. The van der Waals surface area contributed by atoms with Gasteiger partial charge in [0.05, 0.1) is 24.5 Å². The third-order valence-electron chi connectivity index (χ3n) is 5.81. The number of likely N-dealkylation sites (tertiary alicyclic amines) is 1. The maximum atomic E-state index is 14.8. The molecule has 8 nitrogen and oxygen atoms in total. The molecule has 1 N–H and O–H groups in total. The average molecular weight is 436 g/mol. The van der Waals surface area contributed by atoms with Gasteiger partial charge in [-0.1, -0.05) is 0 Å². The van der Waals surface area contributed by atoms with Gasteiger partial charge in [0, 0.05) is 46.2 Å². The van der Waals surface area contributed by atoms with Crippen LogP contribution in [0.25, 0.3) is 0 Å². The van der Waals surface area contributed by atoms with Gasteiger partial charge < -0.3 is 24.8 Å². The summed E-state index contributed by atoms with van der Waals surface area (Å²) in [6.45, 7) is 6.52. The topological polar surface area (TPSA) is 68.4 Å². The highest BCUT2D eigenvalue weighted by Crippen LogP contribution is 2.28. The van der Waals surface area contributed by atoms with Crippen LogP contribution in [0.2, 0.25) is 0 Å². The number of carbonyl (C=O) groups is 2. The molecule has 0 bridgehead atoms. The van der Waals surface area contributed by atoms with Gasteiger partial charge in [0.1, 0.15) is 11.9 Å². The predicted molar refractivity (Wildman–Crippen MR) is 115 cm³/mol. The van der Waals surface area contributed by atoms with Crippen molar-refractivity contribution < 1.29 is 18.7 Å². The molecule has 1 unspecified atom stereocenters. The summed E-state index contributed by atoms with van der Waals surface area (Å²) in [5.74, 6) is -0.357. The Labute approximate surface area is 180 Å². The molecule has 3 fully saturated rings. The normalized spacial score (nSPS) is 21.4. The summed E-state index contributed by atoms with van der Waals surface area (Å²) in [5.41, 5.74) is 0.948. The summed E-state index contributed by atoms with van der Waals surface area (Å²) in [6, 6.07) is 4.79. The van der Waals surface area contributed by atoms with E-state index < -0.39 is 11.9 Å². The van der Waals surface area contributed by atoms with Crippen molar-refractivity contribution in [3.63, 3.8) is 0 Å². The first-order valence-electron chi connectivity index (χ1n) is 10.2. The van der Waals surface area contributed by atoms with E-state index in [1.165, 1.54) is 11.0 Å². The molecule has 0 saturated carbocycles. The highest BCUT2D eigenvalue weighted by Gasteiger charge is 2.33. The van der Waals surface area contributed by atoms with Crippen molar-refractivity contribution in [2.24, 2.45) is 0 Å². The minimum atomic E-state index is -0.487. The summed E-state index contributed by atoms with van der Waals surface area (Å²) in [6.07, 6.45) is 0.306.